The number of aryl methyl sites for hydroxylation is 1. The Kier molecular flexibility index (Phi) is 5.57. The number of carbonyl (C=O) groups is 1. The van der Waals surface area contributed by atoms with Gasteiger partial charge in [0, 0.05) is 25.3 Å². The molecule has 138 valence electrons. The Labute approximate surface area is 154 Å². The summed E-state index contributed by atoms with van der Waals surface area (Å²) in [6.45, 7) is 4.23. The first-order valence-corrected chi connectivity index (χ1v) is 8.91. The fourth-order valence-corrected chi connectivity index (χ4v) is 3.59. The van der Waals surface area contributed by atoms with Gasteiger partial charge >= 0.3 is 5.97 Å². The lowest BCUT2D eigenvalue weighted by molar-refractivity contribution is -0.147. The van der Waals surface area contributed by atoms with Gasteiger partial charge in [-0.3, -0.25) is 4.90 Å². The Morgan fingerprint density at radius 2 is 1.88 bits per heavy atom. The number of halogens is 1. The Morgan fingerprint density at radius 3 is 2.50 bits per heavy atom. The smallest absolute Gasteiger partial charge is 0.331 e. The fraction of sp³-hybridized carbons (Fsp3) is 0.381. The third-order valence-corrected chi connectivity index (χ3v) is 4.96. The van der Waals surface area contributed by atoms with E-state index in [1.807, 2.05) is 31.2 Å². The third kappa shape index (κ3) is 4.22. The van der Waals surface area contributed by atoms with Gasteiger partial charge in [-0.15, -0.1) is 0 Å². The van der Waals surface area contributed by atoms with Gasteiger partial charge < -0.3 is 10.1 Å². The molecule has 2 aromatic carbocycles. The van der Waals surface area contributed by atoms with Crippen LogP contribution in [-0.2, 0) is 16.1 Å². The molecule has 3 rings (SSSR count). The van der Waals surface area contributed by atoms with Crippen LogP contribution < -0.4 is 5.32 Å². The highest BCUT2D eigenvalue weighted by molar-refractivity contribution is 5.84. The van der Waals surface area contributed by atoms with Crippen LogP contribution in [0.4, 0.5) is 10.1 Å². The molecule has 1 fully saturated rings. The first-order chi connectivity index (χ1) is 12.5. The largest absolute Gasteiger partial charge is 0.467 e. The van der Waals surface area contributed by atoms with E-state index in [4.69, 9.17) is 4.74 Å². The van der Waals surface area contributed by atoms with Crippen molar-refractivity contribution in [2.75, 3.05) is 25.5 Å². The lowest BCUT2D eigenvalue weighted by Crippen LogP contribution is -2.54. The predicted molar refractivity (Wildman–Crippen MR) is 100 cm³/mol. The number of likely N-dealkylation sites (tertiary alicyclic amines) is 1. The van der Waals surface area contributed by atoms with E-state index < -0.39 is 5.54 Å². The monoisotopic (exact) mass is 356 g/mol. The van der Waals surface area contributed by atoms with Gasteiger partial charge in [0.15, 0.2) is 0 Å². The van der Waals surface area contributed by atoms with Crippen molar-refractivity contribution in [2.45, 2.75) is 31.8 Å². The van der Waals surface area contributed by atoms with Crippen LogP contribution >= 0.6 is 0 Å². The third-order valence-electron chi connectivity index (χ3n) is 4.96. The lowest BCUT2D eigenvalue weighted by atomic mass is 9.86. The van der Waals surface area contributed by atoms with Crippen LogP contribution in [0.15, 0.2) is 48.5 Å². The molecule has 0 amide bonds. The molecule has 5 heteroatoms. The summed E-state index contributed by atoms with van der Waals surface area (Å²) in [5.41, 5.74) is 1.87. The molecular weight excluding hydrogens is 331 g/mol. The summed E-state index contributed by atoms with van der Waals surface area (Å²) in [4.78, 5) is 14.9. The summed E-state index contributed by atoms with van der Waals surface area (Å²) in [5.74, 6) is -0.604. The Morgan fingerprint density at radius 1 is 1.19 bits per heavy atom. The maximum absolute atomic E-state index is 13.7. The minimum atomic E-state index is -0.817. The van der Waals surface area contributed by atoms with Crippen LogP contribution in [0, 0.1) is 12.7 Å². The molecule has 1 heterocycles. The Balaban J connectivity index is 1.72. The van der Waals surface area contributed by atoms with Gasteiger partial charge in [0.25, 0.3) is 0 Å². The van der Waals surface area contributed by atoms with Crippen molar-refractivity contribution < 1.29 is 13.9 Å². The van der Waals surface area contributed by atoms with Crippen molar-refractivity contribution in [3.63, 3.8) is 0 Å². The molecule has 0 saturated carbocycles. The van der Waals surface area contributed by atoms with E-state index in [-0.39, 0.29) is 11.8 Å². The second-order valence-corrected chi connectivity index (χ2v) is 6.98. The van der Waals surface area contributed by atoms with Crippen molar-refractivity contribution in [1.29, 1.82) is 0 Å². The van der Waals surface area contributed by atoms with E-state index >= 15 is 0 Å². The van der Waals surface area contributed by atoms with E-state index in [2.05, 4.69) is 22.3 Å². The zero-order chi connectivity index (χ0) is 18.6. The van der Waals surface area contributed by atoms with Crippen LogP contribution in [0.5, 0.6) is 0 Å². The topological polar surface area (TPSA) is 41.6 Å². The first kappa shape index (κ1) is 18.4. The zero-order valence-electron chi connectivity index (χ0n) is 15.3. The number of nitrogens with one attached hydrogen (secondary N) is 1. The van der Waals surface area contributed by atoms with E-state index in [0.29, 0.717) is 18.5 Å². The summed E-state index contributed by atoms with van der Waals surface area (Å²) >= 11 is 0. The number of carbonyl (C=O) groups excluding carboxylic acids is 1. The number of piperidine rings is 1. The maximum Gasteiger partial charge on any atom is 0.331 e. The quantitative estimate of drug-likeness (QED) is 0.829. The molecule has 0 aliphatic carbocycles. The van der Waals surface area contributed by atoms with Crippen molar-refractivity contribution in [2.24, 2.45) is 0 Å². The van der Waals surface area contributed by atoms with E-state index in [9.17, 15) is 9.18 Å². The molecule has 0 unspecified atom stereocenters. The van der Waals surface area contributed by atoms with Crippen molar-refractivity contribution in [1.82, 2.24) is 4.90 Å². The molecule has 26 heavy (non-hydrogen) atoms. The molecule has 0 bridgehead atoms. The molecule has 1 saturated heterocycles. The Bertz CT molecular complexity index is 736. The van der Waals surface area contributed by atoms with Gasteiger partial charge in [-0.25, -0.2) is 9.18 Å². The van der Waals surface area contributed by atoms with E-state index in [0.717, 1.165) is 25.2 Å². The maximum atomic E-state index is 13.7. The minimum Gasteiger partial charge on any atom is -0.467 e. The molecular formula is C21H25FN2O2. The number of rotatable bonds is 5. The summed E-state index contributed by atoms with van der Waals surface area (Å²) in [6, 6.07) is 15.0. The highest BCUT2D eigenvalue weighted by atomic mass is 19.1. The van der Waals surface area contributed by atoms with Crippen molar-refractivity contribution >= 4 is 11.7 Å². The second kappa shape index (κ2) is 7.87. The average molecular weight is 356 g/mol. The van der Waals surface area contributed by atoms with Crippen LogP contribution in [0.1, 0.15) is 24.0 Å². The van der Waals surface area contributed by atoms with Gasteiger partial charge in [-0.1, -0.05) is 30.3 Å². The Hall–Kier alpha value is -2.40. The van der Waals surface area contributed by atoms with Gasteiger partial charge in [-0.2, -0.15) is 0 Å². The number of hydrogen-bond donors (Lipinski definition) is 1. The van der Waals surface area contributed by atoms with Gasteiger partial charge in [-0.05, 0) is 49.1 Å². The van der Waals surface area contributed by atoms with Crippen LogP contribution in [0.2, 0.25) is 0 Å². The first-order valence-electron chi connectivity index (χ1n) is 8.91. The summed E-state index contributed by atoms with van der Waals surface area (Å²) < 4.78 is 18.8. The van der Waals surface area contributed by atoms with Crippen LogP contribution in [0.3, 0.4) is 0 Å². The highest BCUT2D eigenvalue weighted by Crippen LogP contribution is 2.30. The number of ether oxygens (including phenoxy) is 1. The molecule has 0 aromatic heterocycles. The summed E-state index contributed by atoms with van der Waals surface area (Å²) in [5, 5.41) is 3.27. The van der Waals surface area contributed by atoms with Crippen molar-refractivity contribution in [3.05, 3.63) is 65.5 Å². The van der Waals surface area contributed by atoms with Crippen LogP contribution in [-0.4, -0.2) is 36.6 Å². The molecule has 2 aromatic rings. The predicted octanol–water partition coefficient (Wildman–Crippen LogP) is 3.75. The SMILES string of the molecule is COC(=O)C1(Nc2cc(C)cc(F)c2)CCN(Cc2ccccc2)CC1. The van der Waals surface area contributed by atoms with Gasteiger partial charge in [0.2, 0.25) is 0 Å². The zero-order valence-corrected chi connectivity index (χ0v) is 15.3. The fourth-order valence-electron chi connectivity index (χ4n) is 3.59. The van der Waals surface area contributed by atoms with E-state index in [1.165, 1.54) is 24.8 Å². The molecule has 0 atom stereocenters. The number of esters is 1. The molecule has 1 aliphatic heterocycles. The molecule has 1 N–H and O–H groups in total. The van der Waals surface area contributed by atoms with Gasteiger partial charge in [0.05, 0.1) is 7.11 Å². The number of nitrogens with zero attached hydrogens (tertiary/aromatic N) is 1. The summed E-state index contributed by atoms with van der Waals surface area (Å²) in [7, 11) is 1.40. The average Bonchev–Trinajstić information content (AvgIpc) is 2.63. The highest BCUT2D eigenvalue weighted by Gasteiger charge is 2.42. The van der Waals surface area contributed by atoms with E-state index in [1.54, 1.807) is 0 Å². The number of anilines is 1. The number of hydrogen-bond acceptors (Lipinski definition) is 4. The molecule has 4 nitrogen and oxygen atoms in total. The van der Waals surface area contributed by atoms with Crippen molar-refractivity contribution in [3.8, 4) is 0 Å². The second-order valence-electron chi connectivity index (χ2n) is 6.98. The normalized spacial score (nSPS) is 16.9. The van der Waals surface area contributed by atoms with Crippen LogP contribution in [0.25, 0.3) is 0 Å². The molecule has 0 spiro atoms. The number of methoxy groups -OCH3 is 1. The number of benzene rings is 2. The molecule has 0 radical (unpaired) electrons. The summed E-state index contributed by atoms with van der Waals surface area (Å²) in [6.07, 6.45) is 1.23. The lowest BCUT2D eigenvalue weighted by Gasteiger charge is -2.40. The minimum absolute atomic E-state index is 0.293. The van der Waals surface area contributed by atoms with Gasteiger partial charge in [0.1, 0.15) is 11.4 Å². The standard InChI is InChI=1S/C21H25FN2O2/c1-16-12-18(22)14-19(13-16)23-21(20(25)26-2)8-10-24(11-9-21)15-17-6-4-3-5-7-17/h3-7,12-14,23H,8-11,15H2,1-2H3. The molecule has 1 aliphatic rings.